The van der Waals surface area contributed by atoms with Crippen molar-refractivity contribution in [3.8, 4) is 23.0 Å². The highest BCUT2D eigenvalue weighted by molar-refractivity contribution is 5.94. The molecule has 2 N–H and O–H groups in total. The van der Waals surface area contributed by atoms with Crippen LogP contribution < -0.4 is 5.32 Å². The van der Waals surface area contributed by atoms with Gasteiger partial charge in [-0.1, -0.05) is 30.7 Å². The SMILES string of the molecule is C=C1NC=Nc2c1cccc2-c1ccc(C#CC(C)(C)O)nc1[C@@H](CC(=O)Cn1nc(C(F)(F)F)c2c1C(F)(F)[C@@H]1C[C@H]21)Cc1cc(F)cc(F)c1. The maximum atomic E-state index is 15.3. The van der Waals surface area contributed by atoms with Crippen LogP contribution in [-0.4, -0.2) is 37.6 Å². The summed E-state index contributed by atoms with van der Waals surface area (Å²) in [6, 6.07) is 11.4. The van der Waals surface area contributed by atoms with Crippen molar-refractivity contribution in [2.45, 2.75) is 69.2 Å². The molecule has 0 bridgehead atoms. The molecular weight excluding hydrogens is 691 g/mol. The lowest BCUT2D eigenvalue weighted by Crippen LogP contribution is -2.24. The molecule has 7 rings (SSSR count). The Hall–Kier alpha value is -5.29. The van der Waals surface area contributed by atoms with Crippen molar-refractivity contribution in [3.63, 3.8) is 0 Å². The van der Waals surface area contributed by atoms with Crippen LogP contribution >= 0.6 is 0 Å². The van der Waals surface area contributed by atoms with Gasteiger partial charge in [-0.2, -0.15) is 27.1 Å². The van der Waals surface area contributed by atoms with Gasteiger partial charge >= 0.3 is 6.18 Å². The summed E-state index contributed by atoms with van der Waals surface area (Å²) in [6.07, 6.45) is -4.37. The summed E-state index contributed by atoms with van der Waals surface area (Å²) in [7, 11) is 0. The van der Waals surface area contributed by atoms with Gasteiger partial charge in [0.1, 0.15) is 35.2 Å². The monoisotopic (exact) mass is 721 g/mol. The van der Waals surface area contributed by atoms with E-state index in [4.69, 9.17) is 4.98 Å². The fraction of sp³-hybridized carbons (Fsp3) is 0.316. The first kappa shape index (κ1) is 35.1. The van der Waals surface area contributed by atoms with E-state index in [0.29, 0.717) is 38.8 Å². The maximum Gasteiger partial charge on any atom is 0.435 e. The third kappa shape index (κ3) is 6.61. The zero-order valence-corrected chi connectivity index (χ0v) is 27.8. The van der Waals surface area contributed by atoms with Gasteiger partial charge in [0.15, 0.2) is 11.5 Å². The number of Topliss-reactive ketones (excluding diaryl/α,β-unsaturated/α-hetero) is 1. The Morgan fingerprint density at radius 1 is 1.10 bits per heavy atom. The van der Waals surface area contributed by atoms with Crippen molar-refractivity contribution in [3.05, 3.63) is 106 Å². The molecule has 1 aliphatic heterocycles. The number of carbonyl (C=O) groups is 1. The van der Waals surface area contributed by atoms with Crippen LogP contribution in [0.5, 0.6) is 0 Å². The second-order valence-electron chi connectivity index (χ2n) is 13.8. The Morgan fingerprint density at radius 2 is 1.81 bits per heavy atom. The molecule has 0 unspecified atom stereocenters. The van der Waals surface area contributed by atoms with E-state index >= 15 is 8.78 Å². The number of hydrogen-bond acceptors (Lipinski definition) is 6. The molecule has 0 radical (unpaired) electrons. The predicted octanol–water partition coefficient (Wildman–Crippen LogP) is 7.79. The van der Waals surface area contributed by atoms with Gasteiger partial charge in [-0.05, 0) is 68.4 Å². The van der Waals surface area contributed by atoms with E-state index in [1.807, 2.05) is 0 Å². The summed E-state index contributed by atoms with van der Waals surface area (Å²) < 4.78 is 102. The number of nitrogens with zero attached hydrogens (tertiary/aromatic N) is 4. The molecule has 4 aromatic rings. The molecule has 2 aromatic heterocycles. The second kappa shape index (κ2) is 12.4. The fourth-order valence-electron chi connectivity index (χ4n) is 7.07. The van der Waals surface area contributed by atoms with Crippen molar-refractivity contribution in [2.75, 3.05) is 0 Å². The van der Waals surface area contributed by atoms with Crippen LogP contribution in [0.4, 0.5) is 36.4 Å². The third-order valence-electron chi connectivity index (χ3n) is 9.30. The molecule has 0 spiro atoms. The number of rotatable bonds is 8. The number of carbonyl (C=O) groups excluding carboxylic acids is 1. The Labute approximate surface area is 293 Å². The van der Waals surface area contributed by atoms with Gasteiger partial charge in [-0.15, -0.1) is 0 Å². The van der Waals surface area contributed by atoms with E-state index in [1.54, 1.807) is 30.3 Å². The minimum atomic E-state index is -5.02. The number of pyridine rings is 1. The largest absolute Gasteiger partial charge is 0.435 e. The van der Waals surface area contributed by atoms with Crippen LogP contribution in [0.25, 0.3) is 16.8 Å². The smallest absolute Gasteiger partial charge is 0.378 e. The van der Waals surface area contributed by atoms with E-state index in [-0.39, 0.29) is 29.8 Å². The van der Waals surface area contributed by atoms with E-state index in [0.717, 1.165) is 12.1 Å². The summed E-state index contributed by atoms with van der Waals surface area (Å²) in [5.41, 5.74) is -1.12. The second-order valence-corrected chi connectivity index (χ2v) is 13.8. The normalized spacial score (nSPS) is 18.8. The first-order valence-electron chi connectivity index (χ1n) is 16.3. The van der Waals surface area contributed by atoms with Crippen LogP contribution in [0, 0.1) is 29.4 Å². The van der Waals surface area contributed by atoms with Crippen molar-refractivity contribution in [1.29, 1.82) is 0 Å². The van der Waals surface area contributed by atoms with Gasteiger partial charge in [-0.3, -0.25) is 9.48 Å². The van der Waals surface area contributed by atoms with Crippen LogP contribution in [-0.2, 0) is 29.9 Å². The van der Waals surface area contributed by atoms with Gasteiger partial charge in [0.05, 0.1) is 17.7 Å². The molecule has 14 heteroatoms. The highest BCUT2D eigenvalue weighted by atomic mass is 19.4. The standard InChI is InChI=1S/C38H30F7N5O2/c1-19-26-5-4-6-27(33(26)47-18-46-19)28-8-7-24(9-10-36(2,3)52)48-32(28)21(11-20-12-22(39)15-23(40)13-20)14-25(51)17-50-35-31(34(49-50)38(43,44)45)29-16-30(29)37(35,41)42/h4-8,12-13,15,18,21,29-30,52H,1,11,14,16-17H2,2-3H3,(H,46,47)/t21-,29+,30-/m1/s1. The van der Waals surface area contributed by atoms with Gasteiger partial charge < -0.3 is 10.4 Å². The minimum Gasteiger partial charge on any atom is -0.378 e. The number of para-hydroxylation sites is 1. The predicted molar refractivity (Wildman–Crippen MR) is 178 cm³/mol. The Kier molecular flexibility index (Phi) is 8.40. The lowest BCUT2D eigenvalue weighted by molar-refractivity contribution is -0.142. The van der Waals surface area contributed by atoms with Crippen LogP contribution in [0.15, 0.2) is 60.1 Å². The van der Waals surface area contributed by atoms with Crippen molar-refractivity contribution >= 4 is 23.5 Å². The molecule has 0 saturated heterocycles. The molecule has 3 aliphatic rings. The van der Waals surface area contributed by atoms with Crippen LogP contribution in [0.1, 0.15) is 78.0 Å². The van der Waals surface area contributed by atoms with Gasteiger partial charge in [0, 0.05) is 52.3 Å². The summed E-state index contributed by atoms with van der Waals surface area (Å²) in [5.74, 6) is -3.99. The van der Waals surface area contributed by atoms with Gasteiger partial charge in [0.2, 0.25) is 0 Å². The average Bonchev–Trinajstić information content (AvgIpc) is 3.70. The minimum absolute atomic E-state index is 0.104. The molecule has 0 amide bonds. The first-order valence-corrected chi connectivity index (χ1v) is 16.3. The van der Waals surface area contributed by atoms with Crippen LogP contribution in [0.2, 0.25) is 0 Å². The summed E-state index contributed by atoms with van der Waals surface area (Å²) in [5, 5.41) is 16.7. The molecule has 2 aliphatic carbocycles. The van der Waals surface area contributed by atoms with Crippen molar-refractivity contribution in [2.24, 2.45) is 10.9 Å². The molecule has 3 atom stereocenters. The summed E-state index contributed by atoms with van der Waals surface area (Å²) in [4.78, 5) is 23.1. The lowest BCUT2D eigenvalue weighted by Gasteiger charge is -2.23. The number of ketones is 1. The van der Waals surface area contributed by atoms with E-state index in [2.05, 4.69) is 33.8 Å². The maximum absolute atomic E-state index is 15.3. The Bertz CT molecular complexity index is 2220. The number of aromatic nitrogens is 3. The Morgan fingerprint density at radius 3 is 2.50 bits per heavy atom. The van der Waals surface area contributed by atoms with E-state index in [9.17, 15) is 31.9 Å². The fourth-order valence-corrected chi connectivity index (χ4v) is 7.07. The number of benzene rings is 2. The molecule has 1 saturated carbocycles. The van der Waals surface area contributed by atoms with Crippen LogP contribution in [0.3, 0.4) is 0 Å². The first-order chi connectivity index (χ1) is 24.4. The number of nitrogens with one attached hydrogen (secondary N) is 1. The summed E-state index contributed by atoms with van der Waals surface area (Å²) in [6.45, 7) is 6.03. The number of halogens is 7. The van der Waals surface area contributed by atoms with Gasteiger partial charge in [-0.25, -0.2) is 18.8 Å². The molecule has 268 valence electrons. The highest BCUT2D eigenvalue weighted by Gasteiger charge is 2.68. The zero-order valence-electron chi connectivity index (χ0n) is 27.8. The average molecular weight is 722 g/mol. The molecule has 7 nitrogen and oxygen atoms in total. The molecule has 1 fully saturated rings. The number of fused-ring (bicyclic) bond motifs is 4. The zero-order chi connectivity index (χ0) is 37.3. The number of alkyl halides is 5. The quantitative estimate of drug-likeness (QED) is 0.143. The Balaban J connectivity index is 1.35. The van der Waals surface area contributed by atoms with Gasteiger partial charge in [0.25, 0.3) is 5.92 Å². The van der Waals surface area contributed by atoms with Crippen molar-refractivity contribution < 1.29 is 40.6 Å². The summed E-state index contributed by atoms with van der Waals surface area (Å²) >= 11 is 0. The van der Waals surface area contributed by atoms with Crippen molar-refractivity contribution in [1.82, 2.24) is 20.1 Å². The topological polar surface area (TPSA) is 92.4 Å². The number of aliphatic imine (C=N–C) groups is 1. The highest BCUT2D eigenvalue weighted by Crippen LogP contribution is 2.68. The molecule has 3 heterocycles. The molecule has 2 aromatic carbocycles. The molecular formula is C38H30F7N5O2. The third-order valence-corrected chi connectivity index (χ3v) is 9.30. The lowest BCUT2D eigenvalue weighted by atomic mass is 9.85. The number of aliphatic hydroxyl groups is 1. The number of hydrogen-bond donors (Lipinski definition) is 2. The van der Waals surface area contributed by atoms with E-state index in [1.165, 1.54) is 20.2 Å². The van der Waals surface area contributed by atoms with E-state index < -0.39 is 82.8 Å². The molecule has 52 heavy (non-hydrogen) atoms.